The number of nitrogens with zero attached hydrogens (tertiary/aromatic N) is 1. The first-order valence-electron chi connectivity index (χ1n) is 6.08. The Morgan fingerprint density at radius 3 is 2.74 bits per heavy atom. The van der Waals surface area contributed by atoms with Gasteiger partial charge in [0.2, 0.25) is 0 Å². The molecule has 0 atom stereocenters. The second kappa shape index (κ2) is 6.73. The largest absolute Gasteiger partial charge is 0.476 e. The van der Waals surface area contributed by atoms with Gasteiger partial charge < -0.3 is 5.11 Å². The number of carboxylic acid groups (broad SMARTS) is 1. The lowest BCUT2D eigenvalue weighted by Gasteiger charge is -1.97. The molecule has 0 aliphatic rings. The van der Waals surface area contributed by atoms with Crippen molar-refractivity contribution in [1.29, 1.82) is 0 Å². The van der Waals surface area contributed by atoms with E-state index in [0.29, 0.717) is 0 Å². The van der Waals surface area contributed by atoms with Crippen molar-refractivity contribution in [2.75, 3.05) is 5.75 Å². The maximum absolute atomic E-state index is 11.3. The third kappa shape index (κ3) is 3.58. The molecule has 0 radical (unpaired) electrons. The molecule has 2 rings (SSSR count). The summed E-state index contributed by atoms with van der Waals surface area (Å²) in [4.78, 5) is 16.3. The van der Waals surface area contributed by atoms with Gasteiger partial charge in [0.15, 0.2) is 5.69 Å². The van der Waals surface area contributed by atoms with Crippen LogP contribution in [0.15, 0.2) is 30.3 Å². The van der Waals surface area contributed by atoms with Crippen LogP contribution in [0.3, 0.4) is 0 Å². The summed E-state index contributed by atoms with van der Waals surface area (Å²) < 4.78 is 0. The maximum atomic E-state index is 11.3. The number of thioether (sulfide) groups is 1. The van der Waals surface area contributed by atoms with Crippen molar-refractivity contribution in [3.63, 3.8) is 0 Å². The van der Waals surface area contributed by atoms with Crippen LogP contribution in [-0.2, 0) is 5.75 Å². The molecule has 100 valence electrons. The SMILES string of the molecule is CCCSCc1nc(C(=O)O)c(-c2ccccc2)s1. The monoisotopic (exact) mass is 293 g/mol. The lowest BCUT2D eigenvalue weighted by molar-refractivity contribution is 0.0692. The Kier molecular flexibility index (Phi) is 4.99. The van der Waals surface area contributed by atoms with Gasteiger partial charge in [-0.3, -0.25) is 0 Å². The van der Waals surface area contributed by atoms with Crippen LogP contribution in [0.1, 0.15) is 28.8 Å². The second-order valence-electron chi connectivity index (χ2n) is 4.01. The number of aromatic nitrogens is 1. The number of hydrogen-bond donors (Lipinski definition) is 1. The van der Waals surface area contributed by atoms with E-state index in [2.05, 4.69) is 11.9 Å². The minimum atomic E-state index is -0.957. The third-order valence-electron chi connectivity index (χ3n) is 2.48. The highest BCUT2D eigenvalue weighted by atomic mass is 32.2. The Labute approximate surface area is 120 Å². The zero-order valence-corrected chi connectivity index (χ0v) is 12.3. The van der Waals surface area contributed by atoms with Crippen LogP contribution in [-0.4, -0.2) is 21.8 Å². The van der Waals surface area contributed by atoms with Crippen LogP contribution in [0.2, 0.25) is 0 Å². The number of rotatable bonds is 6. The molecule has 0 bridgehead atoms. The van der Waals surface area contributed by atoms with Gasteiger partial charge in [-0.2, -0.15) is 11.8 Å². The van der Waals surface area contributed by atoms with Gasteiger partial charge in [-0.1, -0.05) is 37.3 Å². The predicted molar refractivity (Wildman–Crippen MR) is 81.0 cm³/mol. The number of carboxylic acids is 1. The Bertz CT molecular complexity index is 552. The fourth-order valence-corrected chi connectivity index (χ4v) is 3.67. The topological polar surface area (TPSA) is 50.2 Å². The Hall–Kier alpha value is -1.33. The third-order valence-corrected chi connectivity index (χ3v) is 4.95. The highest BCUT2D eigenvalue weighted by Crippen LogP contribution is 2.32. The van der Waals surface area contributed by atoms with Gasteiger partial charge in [0.25, 0.3) is 0 Å². The van der Waals surface area contributed by atoms with Crippen molar-refractivity contribution < 1.29 is 9.90 Å². The average Bonchev–Trinajstić information content (AvgIpc) is 2.84. The molecule has 2 aromatic rings. The summed E-state index contributed by atoms with van der Waals surface area (Å²) in [6, 6.07) is 9.58. The maximum Gasteiger partial charge on any atom is 0.356 e. The van der Waals surface area contributed by atoms with E-state index in [-0.39, 0.29) is 5.69 Å². The van der Waals surface area contributed by atoms with Gasteiger partial charge in [-0.05, 0) is 17.7 Å². The number of carbonyl (C=O) groups is 1. The molecule has 0 unspecified atom stereocenters. The van der Waals surface area contributed by atoms with Gasteiger partial charge >= 0.3 is 5.97 Å². The van der Waals surface area contributed by atoms with Crippen LogP contribution < -0.4 is 0 Å². The van der Waals surface area contributed by atoms with Gasteiger partial charge in [0.1, 0.15) is 5.01 Å². The van der Waals surface area contributed by atoms with Crippen molar-refractivity contribution in [2.24, 2.45) is 0 Å². The van der Waals surface area contributed by atoms with E-state index in [9.17, 15) is 9.90 Å². The molecule has 0 aliphatic heterocycles. The second-order valence-corrected chi connectivity index (χ2v) is 6.20. The molecule has 1 aromatic heterocycles. The summed E-state index contributed by atoms with van der Waals surface area (Å²) >= 11 is 3.27. The smallest absolute Gasteiger partial charge is 0.356 e. The van der Waals surface area contributed by atoms with E-state index in [4.69, 9.17) is 0 Å². The minimum Gasteiger partial charge on any atom is -0.476 e. The van der Waals surface area contributed by atoms with Crippen LogP contribution in [0.5, 0.6) is 0 Å². The molecule has 1 heterocycles. The quantitative estimate of drug-likeness (QED) is 0.813. The van der Waals surface area contributed by atoms with Gasteiger partial charge in [-0.15, -0.1) is 11.3 Å². The summed E-state index contributed by atoms with van der Waals surface area (Å²) in [7, 11) is 0. The standard InChI is InChI=1S/C14H15NO2S2/c1-2-8-18-9-11-15-12(14(16)17)13(19-11)10-6-4-3-5-7-10/h3-7H,2,8-9H2,1H3,(H,16,17). The van der Waals surface area contributed by atoms with Crippen molar-refractivity contribution in [1.82, 2.24) is 4.98 Å². The summed E-state index contributed by atoms with van der Waals surface area (Å²) in [5.74, 6) is 0.899. The highest BCUT2D eigenvalue weighted by Gasteiger charge is 2.18. The fourth-order valence-electron chi connectivity index (χ4n) is 1.66. The highest BCUT2D eigenvalue weighted by molar-refractivity contribution is 7.98. The predicted octanol–water partition coefficient (Wildman–Crippen LogP) is 4.15. The number of thiazole rings is 1. The number of hydrogen-bond acceptors (Lipinski definition) is 4. The molecule has 0 saturated heterocycles. The Balaban J connectivity index is 2.29. The van der Waals surface area contributed by atoms with Gasteiger partial charge in [0, 0.05) is 5.75 Å². The van der Waals surface area contributed by atoms with Crippen molar-refractivity contribution in [3.05, 3.63) is 41.0 Å². The van der Waals surface area contributed by atoms with Crippen molar-refractivity contribution in [2.45, 2.75) is 19.1 Å². The molecule has 5 heteroatoms. The first-order chi connectivity index (χ1) is 9.22. The van der Waals surface area contributed by atoms with E-state index < -0.39 is 5.97 Å². The summed E-state index contributed by atoms with van der Waals surface area (Å²) in [6.45, 7) is 2.13. The Morgan fingerprint density at radius 2 is 2.11 bits per heavy atom. The van der Waals surface area contributed by atoms with Crippen molar-refractivity contribution in [3.8, 4) is 10.4 Å². The molecule has 0 saturated carbocycles. The molecule has 0 aliphatic carbocycles. The molecule has 19 heavy (non-hydrogen) atoms. The van der Waals surface area contributed by atoms with Crippen molar-refractivity contribution >= 4 is 29.1 Å². The van der Waals surface area contributed by atoms with Crippen LogP contribution >= 0.6 is 23.1 Å². The van der Waals surface area contributed by atoms with E-state index in [0.717, 1.165) is 33.4 Å². The average molecular weight is 293 g/mol. The van der Waals surface area contributed by atoms with E-state index in [1.165, 1.54) is 11.3 Å². The van der Waals surface area contributed by atoms with E-state index in [1.807, 2.05) is 30.3 Å². The molecule has 0 fully saturated rings. The summed E-state index contributed by atoms with van der Waals surface area (Å²) in [5.41, 5.74) is 1.09. The van der Waals surface area contributed by atoms with Gasteiger partial charge in [-0.25, -0.2) is 9.78 Å². The zero-order valence-electron chi connectivity index (χ0n) is 10.6. The molecule has 3 nitrogen and oxygen atoms in total. The minimum absolute atomic E-state index is 0.170. The van der Waals surface area contributed by atoms with Crippen LogP contribution in [0.4, 0.5) is 0 Å². The van der Waals surface area contributed by atoms with E-state index >= 15 is 0 Å². The lowest BCUT2D eigenvalue weighted by Crippen LogP contribution is -1.99. The summed E-state index contributed by atoms with van der Waals surface area (Å²) in [6.07, 6.45) is 1.12. The van der Waals surface area contributed by atoms with Gasteiger partial charge in [0.05, 0.1) is 4.88 Å². The zero-order chi connectivity index (χ0) is 13.7. The molecule has 1 aromatic carbocycles. The molecular weight excluding hydrogens is 278 g/mol. The number of aromatic carboxylic acids is 1. The molecule has 0 spiro atoms. The molecule has 0 amide bonds. The normalized spacial score (nSPS) is 10.6. The first-order valence-corrected chi connectivity index (χ1v) is 8.05. The van der Waals surface area contributed by atoms with E-state index in [1.54, 1.807) is 11.8 Å². The van der Waals surface area contributed by atoms with Crippen LogP contribution in [0.25, 0.3) is 10.4 Å². The number of benzene rings is 1. The van der Waals surface area contributed by atoms with Crippen LogP contribution in [0, 0.1) is 0 Å². The Morgan fingerprint density at radius 1 is 1.37 bits per heavy atom. The lowest BCUT2D eigenvalue weighted by atomic mass is 10.1. The molecule has 1 N–H and O–H groups in total. The first kappa shape index (κ1) is 14.1. The fraction of sp³-hybridized carbons (Fsp3) is 0.286. The molecular formula is C14H15NO2S2. The summed E-state index contributed by atoms with van der Waals surface area (Å²) in [5, 5.41) is 10.1.